The van der Waals surface area contributed by atoms with Gasteiger partial charge in [0.1, 0.15) is 5.75 Å². The number of thiol groups is 1. The molecule has 82 valence electrons. The minimum Gasteiger partial charge on any atom is -0.492 e. The van der Waals surface area contributed by atoms with Crippen molar-refractivity contribution in [1.29, 1.82) is 0 Å². The van der Waals surface area contributed by atoms with Gasteiger partial charge in [-0.25, -0.2) is 0 Å². The van der Waals surface area contributed by atoms with E-state index < -0.39 is 4.92 Å². The maximum absolute atomic E-state index is 10.7. The molecule has 0 unspecified atom stereocenters. The lowest BCUT2D eigenvalue weighted by atomic mass is 10.1. The van der Waals surface area contributed by atoms with Crippen LogP contribution in [0, 0.1) is 24.0 Å². The van der Waals surface area contributed by atoms with E-state index in [1.54, 1.807) is 13.0 Å². The van der Waals surface area contributed by atoms with E-state index in [0.717, 1.165) is 5.56 Å². The van der Waals surface area contributed by atoms with Crippen molar-refractivity contribution < 1.29 is 9.66 Å². The van der Waals surface area contributed by atoms with Gasteiger partial charge in [0.15, 0.2) is 0 Å². The second-order valence-electron chi connectivity index (χ2n) is 3.23. The molecule has 0 aliphatic carbocycles. The Morgan fingerprint density at radius 2 is 2.07 bits per heavy atom. The van der Waals surface area contributed by atoms with E-state index in [2.05, 4.69) is 12.6 Å². The zero-order chi connectivity index (χ0) is 11.4. The van der Waals surface area contributed by atoms with Crippen molar-refractivity contribution >= 4 is 18.3 Å². The first-order chi connectivity index (χ1) is 7.06. The number of benzene rings is 1. The number of ether oxygens (including phenoxy) is 1. The molecule has 0 spiro atoms. The van der Waals surface area contributed by atoms with Crippen molar-refractivity contribution in [3.63, 3.8) is 0 Å². The standard InChI is InChI=1S/C10H13NO3S/c1-7-5-8(2)10(14-3-4-15)6-9(7)11(12)13/h5-6,15H,3-4H2,1-2H3. The Labute approximate surface area is 93.8 Å². The fourth-order valence-electron chi connectivity index (χ4n) is 1.33. The van der Waals surface area contributed by atoms with Crippen LogP contribution in [-0.4, -0.2) is 17.3 Å². The van der Waals surface area contributed by atoms with E-state index >= 15 is 0 Å². The zero-order valence-electron chi connectivity index (χ0n) is 8.69. The highest BCUT2D eigenvalue weighted by Crippen LogP contribution is 2.27. The van der Waals surface area contributed by atoms with Crippen LogP contribution in [0.25, 0.3) is 0 Å². The van der Waals surface area contributed by atoms with Gasteiger partial charge < -0.3 is 4.74 Å². The quantitative estimate of drug-likeness (QED) is 0.488. The molecule has 1 aromatic carbocycles. The normalized spacial score (nSPS) is 10.1. The lowest BCUT2D eigenvalue weighted by Crippen LogP contribution is -2.01. The van der Waals surface area contributed by atoms with E-state index in [0.29, 0.717) is 23.7 Å². The van der Waals surface area contributed by atoms with Gasteiger partial charge in [0.2, 0.25) is 0 Å². The lowest BCUT2D eigenvalue weighted by Gasteiger charge is -2.08. The van der Waals surface area contributed by atoms with E-state index in [4.69, 9.17) is 4.74 Å². The number of nitrogens with zero attached hydrogens (tertiary/aromatic N) is 1. The predicted octanol–water partition coefficient (Wildman–Crippen LogP) is 2.52. The first kappa shape index (κ1) is 11.8. The second-order valence-corrected chi connectivity index (χ2v) is 3.68. The van der Waals surface area contributed by atoms with Gasteiger partial charge in [-0.1, -0.05) is 0 Å². The summed E-state index contributed by atoms with van der Waals surface area (Å²) in [7, 11) is 0. The fourth-order valence-corrected chi connectivity index (χ4v) is 1.42. The van der Waals surface area contributed by atoms with E-state index in [9.17, 15) is 10.1 Å². The van der Waals surface area contributed by atoms with Crippen molar-refractivity contribution in [2.24, 2.45) is 0 Å². The third kappa shape index (κ3) is 2.86. The van der Waals surface area contributed by atoms with Crippen molar-refractivity contribution in [3.8, 4) is 5.75 Å². The van der Waals surface area contributed by atoms with Crippen LogP contribution < -0.4 is 4.74 Å². The van der Waals surface area contributed by atoms with Gasteiger partial charge >= 0.3 is 0 Å². The predicted molar refractivity (Wildman–Crippen MR) is 61.9 cm³/mol. The number of aryl methyl sites for hydroxylation is 2. The number of nitro benzene ring substituents is 1. The molecule has 0 aliphatic heterocycles. The van der Waals surface area contributed by atoms with Gasteiger partial charge in [-0.3, -0.25) is 10.1 Å². The highest BCUT2D eigenvalue weighted by atomic mass is 32.1. The van der Waals surface area contributed by atoms with Gasteiger partial charge in [-0.05, 0) is 25.5 Å². The van der Waals surface area contributed by atoms with Gasteiger partial charge in [-0.2, -0.15) is 12.6 Å². The molecule has 0 N–H and O–H groups in total. The van der Waals surface area contributed by atoms with E-state index in [-0.39, 0.29) is 5.69 Å². The first-order valence-electron chi connectivity index (χ1n) is 4.55. The first-order valence-corrected chi connectivity index (χ1v) is 5.18. The Balaban J connectivity index is 3.06. The van der Waals surface area contributed by atoms with E-state index in [1.165, 1.54) is 6.07 Å². The lowest BCUT2D eigenvalue weighted by molar-refractivity contribution is -0.385. The molecule has 0 saturated heterocycles. The van der Waals surface area contributed by atoms with Gasteiger partial charge in [-0.15, -0.1) is 0 Å². The SMILES string of the molecule is Cc1cc(C)c([N+](=O)[O-])cc1OCCS. The van der Waals surface area contributed by atoms with Gasteiger partial charge in [0.25, 0.3) is 5.69 Å². The van der Waals surface area contributed by atoms with Crippen molar-refractivity contribution in [1.82, 2.24) is 0 Å². The van der Waals surface area contributed by atoms with Crippen LogP contribution in [0.2, 0.25) is 0 Å². The molecule has 15 heavy (non-hydrogen) atoms. The van der Waals surface area contributed by atoms with E-state index in [1.807, 2.05) is 6.92 Å². The molecule has 0 atom stereocenters. The summed E-state index contributed by atoms with van der Waals surface area (Å²) in [5.41, 5.74) is 1.64. The summed E-state index contributed by atoms with van der Waals surface area (Å²) in [5.74, 6) is 1.14. The highest BCUT2D eigenvalue weighted by Gasteiger charge is 2.14. The van der Waals surface area contributed by atoms with Crippen molar-refractivity contribution in [2.75, 3.05) is 12.4 Å². The zero-order valence-corrected chi connectivity index (χ0v) is 9.58. The summed E-state index contributed by atoms with van der Waals surface area (Å²) in [5, 5.41) is 10.7. The Morgan fingerprint density at radius 1 is 1.40 bits per heavy atom. The average molecular weight is 227 g/mol. The molecule has 0 fully saturated rings. The Bertz CT molecular complexity index is 379. The van der Waals surface area contributed by atoms with Crippen LogP contribution in [0.3, 0.4) is 0 Å². The highest BCUT2D eigenvalue weighted by molar-refractivity contribution is 7.80. The summed E-state index contributed by atoms with van der Waals surface area (Å²) in [6.07, 6.45) is 0. The molecule has 0 heterocycles. The molecule has 0 aliphatic rings. The fraction of sp³-hybridized carbons (Fsp3) is 0.400. The van der Waals surface area contributed by atoms with Crippen LogP contribution in [0.4, 0.5) is 5.69 Å². The van der Waals surface area contributed by atoms with Crippen molar-refractivity contribution in [3.05, 3.63) is 33.4 Å². The summed E-state index contributed by atoms with van der Waals surface area (Å²) >= 11 is 4.01. The Morgan fingerprint density at radius 3 is 2.60 bits per heavy atom. The second kappa shape index (κ2) is 5.02. The smallest absolute Gasteiger partial charge is 0.276 e. The van der Waals surface area contributed by atoms with Crippen LogP contribution in [0.5, 0.6) is 5.75 Å². The maximum Gasteiger partial charge on any atom is 0.276 e. The minimum absolute atomic E-state index is 0.0924. The van der Waals surface area contributed by atoms with Gasteiger partial charge in [0, 0.05) is 11.3 Å². The van der Waals surface area contributed by atoms with Crippen LogP contribution in [0.15, 0.2) is 12.1 Å². The topological polar surface area (TPSA) is 52.4 Å². The number of hydrogen-bond acceptors (Lipinski definition) is 4. The number of nitro groups is 1. The third-order valence-corrected chi connectivity index (χ3v) is 2.22. The van der Waals surface area contributed by atoms with Crippen LogP contribution in [-0.2, 0) is 0 Å². The maximum atomic E-state index is 10.7. The molecule has 1 aromatic rings. The Kier molecular flexibility index (Phi) is 3.96. The number of hydrogen-bond donors (Lipinski definition) is 1. The summed E-state index contributed by atoms with van der Waals surface area (Å²) < 4.78 is 5.35. The summed E-state index contributed by atoms with van der Waals surface area (Å²) in [6, 6.07) is 3.22. The minimum atomic E-state index is -0.400. The molecule has 1 rings (SSSR count). The Hall–Kier alpha value is -1.23. The molecule has 0 radical (unpaired) electrons. The summed E-state index contributed by atoms with van der Waals surface area (Å²) in [6.45, 7) is 4.03. The molecular weight excluding hydrogens is 214 g/mol. The third-order valence-electron chi connectivity index (χ3n) is 2.04. The van der Waals surface area contributed by atoms with Crippen molar-refractivity contribution in [2.45, 2.75) is 13.8 Å². The molecule has 0 amide bonds. The summed E-state index contributed by atoms with van der Waals surface area (Å²) in [4.78, 5) is 10.3. The average Bonchev–Trinajstić information content (AvgIpc) is 2.16. The molecule has 0 bridgehead atoms. The number of rotatable bonds is 4. The molecular formula is C10H13NO3S. The van der Waals surface area contributed by atoms with Crippen LogP contribution in [0.1, 0.15) is 11.1 Å². The van der Waals surface area contributed by atoms with Crippen LogP contribution >= 0.6 is 12.6 Å². The van der Waals surface area contributed by atoms with Gasteiger partial charge in [0.05, 0.1) is 17.6 Å². The molecule has 0 saturated carbocycles. The molecule has 4 nitrogen and oxygen atoms in total. The molecule has 0 aromatic heterocycles. The monoisotopic (exact) mass is 227 g/mol. The largest absolute Gasteiger partial charge is 0.492 e. The molecule has 5 heteroatoms.